The first-order valence-electron chi connectivity index (χ1n) is 16.0. The van der Waals surface area contributed by atoms with E-state index < -0.39 is 0 Å². The Kier molecular flexibility index (Phi) is 12.6. The van der Waals surface area contributed by atoms with Crippen LogP contribution in [0.1, 0.15) is 70.8 Å². The van der Waals surface area contributed by atoms with E-state index in [4.69, 9.17) is 0 Å². The van der Waals surface area contributed by atoms with E-state index in [-0.39, 0.29) is 6.67 Å². The van der Waals surface area contributed by atoms with Crippen LogP contribution < -0.4 is 5.73 Å². The number of hydrogen-bond donors (Lipinski definition) is 1. The second-order valence-electron chi connectivity index (χ2n) is 11.8. The summed E-state index contributed by atoms with van der Waals surface area (Å²) in [6, 6.07) is 34.4. The predicted molar refractivity (Wildman–Crippen MR) is 185 cm³/mol. The number of carbonyl (C=O) groups excluding carboxylic acids is 1. The van der Waals surface area contributed by atoms with Crippen molar-refractivity contribution in [1.82, 2.24) is 4.90 Å². The molecule has 4 aromatic carbocycles. The summed E-state index contributed by atoms with van der Waals surface area (Å²) in [6.45, 7) is 7.55. The van der Waals surface area contributed by atoms with Gasteiger partial charge in [0.05, 0.1) is 6.67 Å². The molecule has 0 saturated carbocycles. The maximum Gasteiger partial charge on any atom is 0.150 e. The number of benzene rings is 4. The standard InChI is InChI=1S/C31H26O.C8H16FN.CH5N/c1-22-13-15-25(16-14-22)31-29(24-8-3-2-4-9-24)12-6-11-28-20-27(17-18-30(28)31)26-10-5-7-23(19-26)21-32;1-8-3-6-10(7-8)5-2-4-9;1-2/h2-5,7-10,13-21H,6,11-12H2,1H3;8H,2-7H2,1H3;2H2,1H3. The van der Waals surface area contributed by atoms with Gasteiger partial charge >= 0.3 is 0 Å². The van der Waals surface area contributed by atoms with E-state index in [2.05, 4.69) is 103 Å². The molecule has 0 amide bonds. The third-order valence-corrected chi connectivity index (χ3v) is 8.48. The molecule has 1 atom stereocenters. The van der Waals surface area contributed by atoms with E-state index in [1.807, 2.05) is 18.2 Å². The summed E-state index contributed by atoms with van der Waals surface area (Å²) in [4.78, 5) is 13.6. The van der Waals surface area contributed by atoms with Crippen molar-refractivity contribution in [3.8, 4) is 11.1 Å². The highest BCUT2D eigenvalue weighted by Crippen LogP contribution is 2.41. The maximum absolute atomic E-state index is 11.7. The number of nitrogens with two attached hydrogens (primary N) is 1. The van der Waals surface area contributed by atoms with Crippen molar-refractivity contribution >= 4 is 17.4 Å². The number of alkyl halides is 1. The number of aldehydes is 1. The normalized spacial score (nSPS) is 16.2. The molecule has 230 valence electrons. The van der Waals surface area contributed by atoms with Crippen LogP contribution in [0.25, 0.3) is 22.3 Å². The van der Waals surface area contributed by atoms with Crippen LogP contribution in [0.4, 0.5) is 4.39 Å². The molecule has 1 heterocycles. The molecule has 4 heteroatoms. The summed E-state index contributed by atoms with van der Waals surface area (Å²) >= 11 is 0. The van der Waals surface area contributed by atoms with Gasteiger partial charge in [0.1, 0.15) is 6.29 Å². The number of halogens is 1. The Labute approximate surface area is 263 Å². The van der Waals surface area contributed by atoms with E-state index in [1.165, 1.54) is 71.1 Å². The van der Waals surface area contributed by atoms with Gasteiger partial charge in [-0.25, -0.2) is 0 Å². The van der Waals surface area contributed by atoms with E-state index in [9.17, 15) is 9.18 Å². The molecule has 3 nitrogen and oxygen atoms in total. The molecule has 1 aliphatic heterocycles. The van der Waals surface area contributed by atoms with Crippen LogP contribution in [0.5, 0.6) is 0 Å². The minimum absolute atomic E-state index is 0.162. The van der Waals surface area contributed by atoms with Gasteiger partial charge < -0.3 is 10.6 Å². The summed E-state index contributed by atoms with van der Waals surface area (Å²) in [5.41, 5.74) is 16.8. The van der Waals surface area contributed by atoms with Crippen LogP contribution in [-0.4, -0.2) is 44.5 Å². The predicted octanol–water partition coefficient (Wildman–Crippen LogP) is 9.03. The molecule has 2 aliphatic rings. The highest BCUT2D eigenvalue weighted by atomic mass is 19.1. The molecule has 0 spiro atoms. The van der Waals surface area contributed by atoms with E-state index in [0.717, 1.165) is 43.6 Å². The third-order valence-electron chi connectivity index (χ3n) is 8.48. The molecular weight excluding hydrogens is 543 g/mol. The summed E-state index contributed by atoms with van der Waals surface area (Å²) in [7, 11) is 1.50. The lowest BCUT2D eigenvalue weighted by Crippen LogP contribution is -2.21. The summed E-state index contributed by atoms with van der Waals surface area (Å²) < 4.78 is 11.7. The number of hydrogen-bond acceptors (Lipinski definition) is 3. The lowest BCUT2D eigenvalue weighted by molar-refractivity contribution is 0.112. The van der Waals surface area contributed by atoms with Crippen molar-refractivity contribution in [2.75, 3.05) is 33.4 Å². The molecule has 1 unspecified atom stereocenters. The first-order valence-corrected chi connectivity index (χ1v) is 16.0. The molecule has 44 heavy (non-hydrogen) atoms. The Balaban J connectivity index is 0.000000312. The van der Waals surface area contributed by atoms with Gasteiger partial charge in [-0.05, 0) is 109 Å². The third kappa shape index (κ3) is 8.62. The number of rotatable bonds is 7. The van der Waals surface area contributed by atoms with Crippen LogP contribution in [-0.2, 0) is 6.42 Å². The first-order chi connectivity index (χ1) is 21.6. The van der Waals surface area contributed by atoms with Crippen molar-refractivity contribution in [3.63, 3.8) is 0 Å². The van der Waals surface area contributed by atoms with Gasteiger partial charge in [-0.15, -0.1) is 0 Å². The largest absolute Gasteiger partial charge is 0.333 e. The lowest BCUT2D eigenvalue weighted by Gasteiger charge is -2.17. The van der Waals surface area contributed by atoms with E-state index >= 15 is 0 Å². The number of nitrogens with zero attached hydrogens (tertiary/aromatic N) is 1. The van der Waals surface area contributed by atoms with Gasteiger partial charge in [0, 0.05) is 18.7 Å². The monoisotopic (exact) mass is 590 g/mol. The SMILES string of the molecule is CC1CCN(CCCF)C1.CN.Cc1ccc(C2=C(c3ccccc3)CCCc3cc(-c4cccc(C=O)c4)ccc32)cc1. The van der Waals surface area contributed by atoms with Crippen LogP contribution in [0.15, 0.2) is 97.1 Å². The van der Waals surface area contributed by atoms with E-state index in [0.29, 0.717) is 12.0 Å². The minimum Gasteiger partial charge on any atom is -0.333 e. The van der Waals surface area contributed by atoms with Crippen molar-refractivity contribution in [1.29, 1.82) is 0 Å². The van der Waals surface area contributed by atoms with Crippen LogP contribution in [0.2, 0.25) is 0 Å². The van der Waals surface area contributed by atoms with Gasteiger partial charge in [-0.3, -0.25) is 9.18 Å². The fourth-order valence-corrected chi connectivity index (χ4v) is 6.25. The van der Waals surface area contributed by atoms with Gasteiger partial charge in [-0.2, -0.15) is 0 Å². The van der Waals surface area contributed by atoms with Gasteiger partial charge in [0.15, 0.2) is 0 Å². The van der Waals surface area contributed by atoms with Crippen LogP contribution in [0, 0.1) is 12.8 Å². The van der Waals surface area contributed by atoms with Gasteiger partial charge in [0.2, 0.25) is 0 Å². The molecule has 1 aliphatic carbocycles. The highest BCUT2D eigenvalue weighted by molar-refractivity contribution is 6.00. The van der Waals surface area contributed by atoms with Gasteiger partial charge in [-0.1, -0.05) is 103 Å². The molecule has 2 N–H and O–H groups in total. The second-order valence-corrected chi connectivity index (χ2v) is 11.8. The number of allylic oxidation sites excluding steroid dienone is 1. The molecule has 0 bridgehead atoms. The summed E-state index contributed by atoms with van der Waals surface area (Å²) in [5.74, 6) is 0.833. The molecular formula is C40H47FN2O. The number of carbonyl (C=O) groups is 1. The number of aryl methyl sites for hydroxylation is 2. The van der Waals surface area contributed by atoms with Crippen LogP contribution in [0.3, 0.4) is 0 Å². The Bertz CT molecular complexity index is 1510. The molecule has 0 aromatic heterocycles. The Morgan fingerprint density at radius 3 is 2.23 bits per heavy atom. The minimum atomic E-state index is -0.162. The molecule has 0 radical (unpaired) electrons. The van der Waals surface area contributed by atoms with Crippen molar-refractivity contribution in [2.45, 2.75) is 46.0 Å². The Morgan fingerprint density at radius 1 is 0.841 bits per heavy atom. The molecule has 6 rings (SSSR count). The average Bonchev–Trinajstić information content (AvgIpc) is 3.40. The number of likely N-dealkylation sites (tertiary alicyclic amines) is 1. The van der Waals surface area contributed by atoms with E-state index in [1.54, 1.807) is 0 Å². The van der Waals surface area contributed by atoms with Gasteiger partial charge in [0.25, 0.3) is 0 Å². The Morgan fingerprint density at radius 2 is 1.55 bits per heavy atom. The molecule has 1 fully saturated rings. The van der Waals surface area contributed by atoms with Crippen LogP contribution >= 0.6 is 0 Å². The topological polar surface area (TPSA) is 46.3 Å². The molecule has 1 saturated heterocycles. The smallest absolute Gasteiger partial charge is 0.150 e. The molecule has 4 aromatic rings. The second kappa shape index (κ2) is 16.8. The zero-order valence-electron chi connectivity index (χ0n) is 26.6. The Hall–Kier alpha value is -3.86. The quantitative estimate of drug-likeness (QED) is 0.219. The maximum atomic E-state index is 11.7. The summed E-state index contributed by atoms with van der Waals surface area (Å²) in [6.07, 6.45) is 6.14. The van der Waals surface area contributed by atoms with Crippen molar-refractivity contribution in [3.05, 3.63) is 130 Å². The first kappa shape index (κ1) is 33.0. The van der Waals surface area contributed by atoms with Crippen molar-refractivity contribution in [2.24, 2.45) is 11.7 Å². The lowest BCUT2D eigenvalue weighted by atomic mass is 9.86. The average molecular weight is 591 g/mol. The fraction of sp³-hybridized carbons (Fsp3) is 0.325. The highest BCUT2D eigenvalue weighted by Gasteiger charge is 2.21. The fourth-order valence-electron chi connectivity index (χ4n) is 6.25. The zero-order chi connectivity index (χ0) is 31.3. The summed E-state index contributed by atoms with van der Waals surface area (Å²) in [5, 5.41) is 0. The zero-order valence-corrected chi connectivity index (χ0v) is 26.6. The number of fused-ring (bicyclic) bond motifs is 1. The van der Waals surface area contributed by atoms with Crippen molar-refractivity contribution < 1.29 is 9.18 Å².